The largest absolute Gasteiger partial charge is 0.322 e. The normalized spacial score (nSPS) is 12.5. The summed E-state index contributed by atoms with van der Waals surface area (Å²) in [7, 11) is 1.75. The van der Waals surface area contributed by atoms with Gasteiger partial charge in [-0.15, -0.1) is 0 Å². The van der Waals surface area contributed by atoms with Crippen molar-refractivity contribution < 1.29 is 18.0 Å². The SMILES string of the molecule is C[C@@H](C(=O)Nc1ccc(F)c(F)c1F)N(C)Cc1ccsc1. The van der Waals surface area contributed by atoms with E-state index in [9.17, 15) is 18.0 Å². The van der Waals surface area contributed by atoms with Gasteiger partial charge in [0.05, 0.1) is 11.7 Å². The Kier molecular flexibility index (Phi) is 5.20. The molecule has 0 aliphatic heterocycles. The minimum atomic E-state index is -1.60. The zero-order valence-electron chi connectivity index (χ0n) is 12.1. The van der Waals surface area contributed by atoms with Crippen LogP contribution in [0.2, 0.25) is 0 Å². The van der Waals surface area contributed by atoms with Crippen molar-refractivity contribution in [1.29, 1.82) is 0 Å². The summed E-state index contributed by atoms with van der Waals surface area (Å²) in [5.41, 5.74) is 0.686. The van der Waals surface area contributed by atoms with E-state index in [-0.39, 0.29) is 5.69 Å². The van der Waals surface area contributed by atoms with E-state index in [4.69, 9.17) is 0 Å². The Morgan fingerprint density at radius 1 is 1.27 bits per heavy atom. The molecule has 0 saturated carbocycles. The lowest BCUT2D eigenvalue weighted by molar-refractivity contribution is -0.120. The van der Waals surface area contributed by atoms with E-state index in [0.29, 0.717) is 6.54 Å². The van der Waals surface area contributed by atoms with Gasteiger partial charge < -0.3 is 5.32 Å². The van der Waals surface area contributed by atoms with Gasteiger partial charge in [-0.3, -0.25) is 9.69 Å². The minimum absolute atomic E-state index is 0.375. The van der Waals surface area contributed by atoms with Gasteiger partial charge in [-0.2, -0.15) is 11.3 Å². The van der Waals surface area contributed by atoms with Gasteiger partial charge in [0, 0.05) is 6.54 Å². The van der Waals surface area contributed by atoms with Crippen molar-refractivity contribution in [3.05, 3.63) is 52.0 Å². The average molecular weight is 328 g/mol. The third-order valence-electron chi connectivity index (χ3n) is 3.35. The average Bonchev–Trinajstić information content (AvgIpc) is 2.99. The highest BCUT2D eigenvalue weighted by molar-refractivity contribution is 7.07. The molecule has 3 nitrogen and oxygen atoms in total. The highest BCUT2D eigenvalue weighted by atomic mass is 32.1. The Hall–Kier alpha value is -1.86. The van der Waals surface area contributed by atoms with Gasteiger partial charge >= 0.3 is 0 Å². The highest BCUT2D eigenvalue weighted by Crippen LogP contribution is 2.20. The van der Waals surface area contributed by atoms with Crippen molar-refractivity contribution in [2.75, 3.05) is 12.4 Å². The quantitative estimate of drug-likeness (QED) is 0.850. The zero-order chi connectivity index (χ0) is 16.3. The zero-order valence-corrected chi connectivity index (χ0v) is 12.9. The van der Waals surface area contributed by atoms with Crippen molar-refractivity contribution >= 4 is 22.9 Å². The summed E-state index contributed by atoms with van der Waals surface area (Å²) >= 11 is 1.56. The van der Waals surface area contributed by atoms with Crippen LogP contribution in [0.5, 0.6) is 0 Å². The number of rotatable bonds is 5. The number of nitrogens with zero attached hydrogens (tertiary/aromatic N) is 1. The number of amides is 1. The van der Waals surface area contributed by atoms with Crippen molar-refractivity contribution in [2.45, 2.75) is 19.5 Å². The Labute approximate surface area is 130 Å². The summed E-state index contributed by atoms with van der Waals surface area (Å²) in [5, 5.41) is 6.18. The molecule has 0 unspecified atom stereocenters. The predicted molar refractivity (Wildman–Crippen MR) is 80.2 cm³/mol. The number of nitrogens with one attached hydrogen (secondary N) is 1. The first-order valence-electron chi connectivity index (χ1n) is 6.56. The van der Waals surface area contributed by atoms with Crippen LogP contribution in [0.15, 0.2) is 29.0 Å². The van der Waals surface area contributed by atoms with Gasteiger partial charge in [0.25, 0.3) is 0 Å². The molecule has 0 aliphatic carbocycles. The lowest BCUT2D eigenvalue weighted by Gasteiger charge is -2.23. The van der Waals surface area contributed by atoms with E-state index in [2.05, 4.69) is 5.32 Å². The molecule has 0 spiro atoms. The van der Waals surface area contributed by atoms with Crippen LogP contribution in [-0.4, -0.2) is 23.9 Å². The lowest BCUT2D eigenvalue weighted by Crippen LogP contribution is -2.39. The maximum atomic E-state index is 13.6. The van der Waals surface area contributed by atoms with Gasteiger partial charge in [0.15, 0.2) is 17.5 Å². The number of likely N-dealkylation sites (N-methyl/N-ethyl adjacent to an activating group) is 1. The van der Waals surface area contributed by atoms with Crippen molar-refractivity contribution in [2.24, 2.45) is 0 Å². The van der Waals surface area contributed by atoms with E-state index in [1.54, 1.807) is 30.2 Å². The third-order valence-corrected chi connectivity index (χ3v) is 4.08. The van der Waals surface area contributed by atoms with Crippen LogP contribution in [0.4, 0.5) is 18.9 Å². The first-order chi connectivity index (χ1) is 10.4. The van der Waals surface area contributed by atoms with Crippen LogP contribution in [0, 0.1) is 17.5 Å². The summed E-state index contributed by atoms with van der Waals surface area (Å²) in [5.74, 6) is -4.79. The maximum absolute atomic E-state index is 13.6. The molecule has 0 saturated heterocycles. The highest BCUT2D eigenvalue weighted by Gasteiger charge is 2.21. The number of carbonyl (C=O) groups is 1. The summed E-state index contributed by atoms with van der Waals surface area (Å²) in [6, 6.07) is 3.15. The van der Waals surface area contributed by atoms with Crippen LogP contribution in [0.1, 0.15) is 12.5 Å². The number of benzene rings is 1. The number of carbonyl (C=O) groups excluding carboxylic acids is 1. The van der Waals surface area contributed by atoms with Gasteiger partial charge in [0.2, 0.25) is 5.91 Å². The molecule has 118 valence electrons. The molecule has 0 radical (unpaired) electrons. The summed E-state index contributed by atoms with van der Waals surface area (Å²) in [4.78, 5) is 13.9. The van der Waals surface area contributed by atoms with Crippen molar-refractivity contribution in [3.8, 4) is 0 Å². The number of anilines is 1. The van der Waals surface area contributed by atoms with E-state index in [1.807, 2.05) is 16.8 Å². The fourth-order valence-electron chi connectivity index (χ4n) is 1.87. The van der Waals surface area contributed by atoms with Gasteiger partial charge in [-0.1, -0.05) is 0 Å². The van der Waals surface area contributed by atoms with E-state index in [0.717, 1.165) is 17.7 Å². The van der Waals surface area contributed by atoms with Gasteiger partial charge in [0.1, 0.15) is 0 Å². The summed E-state index contributed by atoms with van der Waals surface area (Å²) in [6.07, 6.45) is 0. The molecule has 1 aromatic heterocycles. The second-order valence-electron chi connectivity index (χ2n) is 4.93. The fourth-order valence-corrected chi connectivity index (χ4v) is 2.53. The number of thiophene rings is 1. The first-order valence-corrected chi connectivity index (χ1v) is 7.50. The first kappa shape index (κ1) is 16.5. The molecule has 0 bridgehead atoms. The molecule has 2 aromatic rings. The summed E-state index contributed by atoms with van der Waals surface area (Å²) < 4.78 is 39.6. The second-order valence-corrected chi connectivity index (χ2v) is 5.71. The Bertz CT molecular complexity index is 661. The van der Waals surface area contributed by atoms with Crippen LogP contribution >= 0.6 is 11.3 Å². The molecule has 7 heteroatoms. The maximum Gasteiger partial charge on any atom is 0.241 e. The molecule has 22 heavy (non-hydrogen) atoms. The lowest BCUT2D eigenvalue weighted by atomic mass is 10.2. The Balaban J connectivity index is 2.03. The molecule has 2 rings (SSSR count). The van der Waals surface area contributed by atoms with Crippen LogP contribution in [-0.2, 0) is 11.3 Å². The van der Waals surface area contributed by atoms with E-state index >= 15 is 0 Å². The molecule has 1 N–H and O–H groups in total. The third kappa shape index (κ3) is 3.66. The standard InChI is InChI=1S/C15H15F3N2OS/c1-9(20(2)7-10-5-6-22-8-10)15(21)19-12-4-3-11(16)13(17)14(12)18/h3-6,8-9H,7H2,1-2H3,(H,19,21)/t9-/m0/s1. The molecule has 1 atom stereocenters. The van der Waals surface area contributed by atoms with E-state index in [1.165, 1.54) is 0 Å². The Morgan fingerprint density at radius 3 is 2.64 bits per heavy atom. The predicted octanol–water partition coefficient (Wildman–Crippen LogP) is 3.62. The minimum Gasteiger partial charge on any atom is -0.322 e. The van der Waals surface area contributed by atoms with Gasteiger partial charge in [-0.05, 0) is 48.5 Å². The number of hydrogen-bond donors (Lipinski definition) is 1. The van der Waals surface area contributed by atoms with Crippen LogP contribution < -0.4 is 5.32 Å². The molecule has 1 heterocycles. The van der Waals surface area contributed by atoms with Crippen molar-refractivity contribution in [1.82, 2.24) is 4.90 Å². The fraction of sp³-hybridized carbons (Fsp3) is 0.267. The molecular weight excluding hydrogens is 313 g/mol. The van der Waals surface area contributed by atoms with Gasteiger partial charge in [-0.25, -0.2) is 13.2 Å². The number of halogens is 3. The summed E-state index contributed by atoms with van der Waals surface area (Å²) in [6.45, 7) is 2.21. The molecular formula is C15H15F3N2OS. The monoisotopic (exact) mass is 328 g/mol. The topological polar surface area (TPSA) is 32.3 Å². The molecule has 1 aromatic carbocycles. The van der Waals surface area contributed by atoms with Crippen molar-refractivity contribution in [3.63, 3.8) is 0 Å². The van der Waals surface area contributed by atoms with E-state index < -0.39 is 29.4 Å². The van der Waals surface area contributed by atoms with Crippen LogP contribution in [0.25, 0.3) is 0 Å². The smallest absolute Gasteiger partial charge is 0.241 e. The van der Waals surface area contributed by atoms with Crippen LogP contribution in [0.3, 0.4) is 0 Å². The number of hydrogen-bond acceptors (Lipinski definition) is 3. The second kappa shape index (κ2) is 6.93. The molecule has 1 amide bonds. The molecule has 0 aliphatic rings. The Morgan fingerprint density at radius 2 is 2.00 bits per heavy atom. The molecule has 0 fully saturated rings.